The maximum atomic E-state index is 13.3. The molecule has 0 bridgehead atoms. The van der Waals surface area contributed by atoms with Gasteiger partial charge in [0.1, 0.15) is 11.8 Å². The average molecular weight is 556 g/mol. The Morgan fingerprint density at radius 1 is 0.951 bits per heavy atom. The molecule has 3 aliphatic rings. The Bertz CT molecular complexity index is 1440. The predicted octanol–water partition coefficient (Wildman–Crippen LogP) is 3.74. The van der Waals surface area contributed by atoms with Crippen LogP contribution < -0.4 is 10.6 Å². The van der Waals surface area contributed by atoms with Gasteiger partial charge in [-0.25, -0.2) is 0 Å². The van der Waals surface area contributed by atoms with Crippen LogP contribution in [0, 0.1) is 0 Å². The molecule has 9 nitrogen and oxygen atoms in total. The third-order valence-corrected chi connectivity index (χ3v) is 8.72. The van der Waals surface area contributed by atoms with Crippen LogP contribution in [0.2, 0.25) is 0 Å². The number of ether oxygens (including phenoxy) is 1. The van der Waals surface area contributed by atoms with Crippen molar-refractivity contribution in [3.8, 4) is 0 Å². The maximum absolute atomic E-state index is 13.3. The molecule has 41 heavy (non-hydrogen) atoms. The summed E-state index contributed by atoms with van der Waals surface area (Å²) < 4.78 is 7.43. The Kier molecular flexibility index (Phi) is 7.40. The molecule has 2 aliphatic heterocycles. The molecule has 9 heteroatoms. The summed E-state index contributed by atoms with van der Waals surface area (Å²) in [5.74, 6) is -0.193. The topological polar surface area (TPSA) is 95.9 Å². The summed E-state index contributed by atoms with van der Waals surface area (Å²) in [6.07, 6.45) is 3.73. The van der Waals surface area contributed by atoms with Gasteiger partial charge in [-0.3, -0.25) is 19.3 Å². The summed E-state index contributed by atoms with van der Waals surface area (Å²) in [5.41, 5.74) is 5.42. The molecule has 1 aliphatic carbocycles. The molecule has 0 radical (unpaired) electrons. The van der Waals surface area contributed by atoms with Gasteiger partial charge in [0.15, 0.2) is 0 Å². The molecule has 1 saturated heterocycles. The monoisotopic (exact) mass is 555 g/mol. The van der Waals surface area contributed by atoms with Gasteiger partial charge < -0.3 is 24.8 Å². The minimum absolute atomic E-state index is 0.00822. The largest absolute Gasteiger partial charge is 0.368 e. The number of carbonyl (C=O) groups excluding carboxylic acids is 3. The molecule has 2 N–H and O–H groups in total. The fraction of sp³-hybridized carbons (Fsp3) is 0.406. The summed E-state index contributed by atoms with van der Waals surface area (Å²) in [6, 6.07) is 19.5. The van der Waals surface area contributed by atoms with E-state index in [4.69, 9.17) is 4.74 Å². The van der Waals surface area contributed by atoms with Gasteiger partial charge in [0.25, 0.3) is 17.7 Å². The smallest absolute Gasteiger partial charge is 0.268 e. The molecule has 6 rings (SSSR count). The molecule has 3 aromatic rings. The van der Waals surface area contributed by atoms with E-state index in [0.717, 1.165) is 50.1 Å². The minimum atomic E-state index is -0.348. The molecular formula is C32H37N5O4. The normalized spacial score (nSPS) is 19.0. The van der Waals surface area contributed by atoms with Crippen LogP contribution in [0.5, 0.6) is 0 Å². The van der Waals surface area contributed by atoms with Crippen molar-refractivity contribution in [2.75, 3.05) is 32.6 Å². The number of fused-ring (bicyclic) bond motifs is 2. The molecule has 3 amide bonds. The highest BCUT2D eigenvalue weighted by Gasteiger charge is 2.48. The van der Waals surface area contributed by atoms with Crippen molar-refractivity contribution in [1.82, 2.24) is 19.7 Å². The van der Waals surface area contributed by atoms with Gasteiger partial charge in [-0.15, -0.1) is 0 Å². The van der Waals surface area contributed by atoms with E-state index >= 15 is 0 Å². The van der Waals surface area contributed by atoms with Crippen LogP contribution in [-0.4, -0.2) is 65.4 Å². The van der Waals surface area contributed by atoms with Crippen LogP contribution in [0.3, 0.4) is 0 Å². The average Bonchev–Trinajstić information content (AvgIpc) is 3.35. The second-order valence-corrected chi connectivity index (χ2v) is 11.5. The zero-order valence-electron chi connectivity index (χ0n) is 23.7. The van der Waals surface area contributed by atoms with E-state index in [0.29, 0.717) is 24.4 Å². The summed E-state index contributed by atoms with van der Waals surface area (Å²) in [5, 5.41) is 5.94. The minimum Gasteiger partial charge on any atom is -0.368 e. The first-order chi connectivity index (χ1) is 19.8. The van der Waals surface area contributed by atoms with E-state index in [1.54, 1.807) is 19.0 Å². The molecule has 1 saturated carbocycles. The van der Waals surface area contributed by atoms with E-state index < -0.39 is 0 Å². The molecular weight excluding hydrogens is 518 g/mol. The number of aromatic nitrogens is 1. The number of anilines is 1. The standard InChI is InChI=1S/C32H37N5O4/c1-35(2)31(40)24-8-4-23(5-9-24)21-36-17-18-37-26(12-13-28(37)32(36)15-3-16-32)29(38)33-20-22-6-10-25(11-7-22)34-30(39)27-14-19-41-27/h4-13,27H,3,14-21H2,1-2H3,(H,33,38)(H,34,39). The second-order valence-electron chi connectivity index (χ2n) is 11.5. The van der Waals surface area contributed by atoms with Crippen molar-refractivity contribution in [2.45, 2.75) is 57.0 Å². The van der Waals surface area contributed by atoms with Crippen LogP contribution in [0.15, 0.2) is 60.7 Å². The summed E-state index contributed by atoms with van der Waals surface area (Å²) >= 11 is 0. The van der Waals surface area contributed by atoms with Gasteiger partial charge in [0, 0.05) is 63.6 Å². The number of hydrogen-bond donors (Lipinski definition) is 2. The maximum Gasteiger partial charge on any atom is 0.268 e. The van der Waals surface area contributed by atoms with Crippen LogP contribution in [0.1, 0.15) is 63.4 Å². The first kappa shape index (κ1) is 27.2. The number of benzene rings is 2. The Morgan fingerprint density at radius 3 is 2.27 bits per heavy atom. The fourth-order valence-electron chi connectivity index (χ4n) is 6.10. The molecule has 1 atom stereocenters. The Labute approximate surface area is 240 Å². The van der Waals surface area contributed by atoms with Gasteiger partial charge in [-0.05, 0) is 66.8 Å². The Balaban J connectivity index is 1.09. The second kappa shape index (κ2) is 11.1. The number of rotatable bonds is 8. The van der Waals surface area contributed by atoms with Crippen LogP contribution in [0.25, 0.3) is 0 Å². The number of nitrogens with zero attached hydrogens (tertiary/aromatic N) is 3. The molecule has 3 heterocycles. The first-order valence-corrected chi connectivity index (χ1v) is 14.4. The van der Waals surface area contributed by atoms with Gasteiger partial charge in [0.05, 0.1) is 12.1 Å². The van der Waals surface area contributed by atoms with Gasteiger partial charge in [-0.1, -0.05) is 24.3 Å². The summed E-state index contributed by atoms with van der Waals surface area (Å²) in [6.45, 7) is 3.47. The van der Waals surface area contributed by atoms with Crippen LogP contribution in [-0.2, 0) is 34.7 Å². The lowest BCUT2D eigenvalue weighted by Crippen LogP contribution is -2.56. The Hall–Kier alpha value is -3.95. The van der Waals surface area contributed by atoms with E-state index in [1.165, 1.54) is 17.7 Å². The lowest BCUT2D eigenvalue weighted by molar-refractivity contribution is -0.139. The van der Waals surface area contributed by atoms with Crippen LogP contribution in [0.4, 0.5) is 5.69 Å². The lowest BCUT2D eigenvalue weighted by atomic mass is 9.71. The third kappa shape index (κ3) is 5.27. The van der Waals surface area contributed by atoms with E-state index in [2.05, 4.69) is 38.3 Å². The van der Waals surface area contributed by atoms with Gasteiger partial charge >= 0.3 is 0 Å². The van der Waals surface area contributed by atoms with Gasteiger partial charge in [0.2, 0.25) is 0 Å². The zero-order valence-corrected chi connectivity index (χ0v) is 23.7. The number of hydrogen-bond acceptors (Lipinski definition) is 5. The van der Waals surface area contributed by atoms with Crippen LogP contribution >= 0.6 is 0 Å². The van der Waals surface area contributed by atoms with Crippen molar-refractivity contribution < 1.29 is 19.1 Å². The van der Waals surface area contributed by atoms with E-state index in [1.807, 2.05) is 42.5 Å². The molecule has 1 aromatic heterocycles. The molecule has 1 spiro atoms. The van der Waals surface area contributed by atoms with E-state index in [9.17, 15) is 14.4 Å². The number of amides is 3. The van der Waals surface area contributed by atoms with Crippen molar-refractivity contribution in [3.05, 3.63) is 88.7 Å². The summed E-state index contributed by atoms with van der Waals surface area (Å²) in [4.78, 5) is 41.7. The lowest BCUT2D eigenvalue weighted by Gasteiger charge is -2.53. The number of carbonyl (C=O) groups is 3. The quantitative estimate of drug-likeness (QED) is 0.442. The first-order valence-electron chi connectivity index (χ1n) is 14.4. The zero-order chi connectivity index (χ0) is 28.6. The molecule has 2 aromatic carbocycles. The number of nitrogens with one attached hydrogen (secondary N) is 2. The molecule has 1 unspecified atom stereocenters. The summed E-state index contributed by atoms with van der Waals surface area (Å²) in [7, 11) is 3.53. The van der Waals surface area contributed by atoms with Crippen molar-refractivity contribution in [3.63, 3.8) is 0 Å². The van der Waals surface area contributed by atoms with Gasteiger partial charge in [-0.2, -0.15) is 0 Å². The molecule has 214 valence electrons. The fourth-order valence-corrected chi connectivity index (χ4v) is 6.10. The van der Waals surface area contributed by atoms with Crippen molar-refractivity contribution in [2.24, 2.45) is 0 Å². The predicted molar refractivity (Wildman–Crippen MR) is 155 cm³/mol. The van der Waals surface area contributed by atoms with Crippen molar-refractivity contribution >= 4 is 23.4 Å². The highest BCUT2D eigenvalue weighted by Crippen LogP contribution is 2.49. The Morgan fingerprint density at radius 2 is 1.66 bits per heavy atom. The van der Waals surface area contributed by atoms with Crippen molar-refractivity contribution in [1.29, 1.82) is 0 Å². The highest BCUT2D eigenvalue weighted by atomic mass is 16.5. The highest BCUT2D eigenvalue weighted by molar-refractivity contribution is 5.95. The SMILES string of the molecule is CN(C)C(=O)c1ccc(CN2CCn3c(C(=O)NCc4ccc(NC(=O)C5CCO5)cc4)ccc3C23CCC3)cc1. The third-order valence-electron chi connectivity index (χ3n) is 8.72. The molecule has 2 fully saturated rings. The van der Waals surface area contributed by atoms with E-state index in [-0.39, 0.29) is 29.4 Å².